The molecule has 1 unspecified atom stereocenters. The third-order valence-corrected chi connectivity index (χ3v) is 3.49. The third-order valence-electron chi connectivity index (χ3n) is 3.49. The summed E-state index contributed by atoms with van der Waals surface area (Å²) in [6.45, 7) is 3.64. The van der Waals surface area contributed by atoms with Gasteiger partial charge in [-0.3, -0.25) is 0 Å². The van der Waals surface area contributed by atoms with Gasteiger partial charge in [0.25, 0.3) is 0 Å². The average Bonchev–Trinajstić information content (AvgIpc) is 2.93. The number of nitrogens with two attached hydrogens (primary N) is 1. The van der Waals surface area contributed by atoms with E-state index in [4.69, 9.17) is 5.73 Å². The molecule has 0 spiro atoms. The molecule has 0 amide bonds. The van der Waals surface area contributed by atoms with E-state index in [-0.39, 0.29) is 23.0 Å². The first-order valence-electron chi connectivity index (χ1n) is 5.23. The van der Waals surface area contributed by atoms with Gasteiger partial charge >= 0.3 is 0 Å². The summed E-state index contributed by atoms with van der Waals surface area (Å²) in [6.07, 6.45) is 1.72. The highest BCUT2D eigenvalue weighted by Crippen LogP contribution is 2.54. The predicted octanol–water partition coefficient (Wildman–Crippen LogP) is 2.22. The highest BCUT2D eigenvalue weighted by molar-refractivity contribution is 5.48. The largest absolute Gasteiger partial charge is 0.507 e. The van der Waals surface area contributed by atoms with Crippen LogP contribution in [0.5, 0.6) is 5.75 Å². The summed E-state index contributed by atoms with van der Waals surface area (Å²) in [6, 6.07) is 2.87. The van der Waals surface area contributed by atoms with E-state index >= 15 is 0 Å². The molecule has 2 nitrogen and oxygen atoms in total. The molecule has 1 saturated carbocycles. The van der Waals surface area contributed by atoms with Crippen LogP contribution in [0.15, 0.2) is 12.1 Å². The maximum atomic E-state index is 13.7. The van der Waals surface area contributed by atoms with Gasteiger partial charge in [-0.2, -0.15) is 0 Å². The molecular formula is C12H16FNO. The molecule has 1 aromatic carbocycles. The highest BCUT2D eigenvalue weighted by Gasteiger charge is 2.50. The Balaban J connectivity index is 2.57. The summed E-state index contributed by atoms with van der Waals surface area (Å²) >= 11 is 0. The molecule has 0 heterocycles. The standard InChI is InChI=1S/C12H16FNO/c1-7-3-4-9(13)10(11(7)15)12(5-6-12)8(2)14/h3-4,8,15H,5-6,14H2,1-2H3. The Morgan fingerprint density at radius 3 is 2.53 bits per heavy atom. The van der Waals surface area contributed by atoms with Crippen LogP contribution in [-0.4, -0.2) is 11.1 Å². The number of benzene rings is 1. The monoisotopic (exact) mass is 209 g/mol. The Hall–Kier alpha value is -1.09. The maximum absolute atomic E-state index is 13.7. The Labute approximate surface area is 88.9 Å². The zero-order chi connectivity index (χ0) is 11.2. The van der Waals surface area contributed by atoms with Crippen molar-refractivity contribution in [3.63, 3.8) is 0 Å². The van der Waals surface area contributed by atoms with Crippen LogP contribution < -0.4 is 5.73 Å². The van der Waals surface area contributed by atoms with Gasteiger partial charge in [-0.1, -0.05) is 6.07 Å². The molecule has 0 bridgehead atoms. The molecule has 0 saturated heterocycles. The zero-order valence-corrected chi connectivity index (χ0v) is 9.05. The topological polar surface area (TPSA) is 46.2 Å². The fourth-order valence-corrected chi connectivity index (χ4v) is 2.21. The summed E-state index contributed by atoms with van der Waals surface area (Å²) in [5, 5.41) is 9.91. The van der Waals surface area contributed by atoms with Crippen LogP contribution in [0, 0.1) is 12.7 Å². The van der Waals surface area contributed by atoms with Gasteiger partial charge in [-0.25, -0.2) is 4.39 Å². The molecule has 0 radical (unpaired) electrons. The summed E-state index contributed by atoms with van der Waals surface area (Å²) < 4.78 is 13.7. The fourth-order valence-electron chi connectivity index (χ4n) is 2.21. The number of phenolic OH excluding ortho intramolecular Hbond substituents is 1. The van der Waals surface area contributed by atoms with Gasteiger partial charge in [0.2, 0.25) is 0 Å². The van der Waals surface area contributed by atoms with Crippen molar-refractivity contribution in [2.24, 2.45) is 5.73 Å². The number of aryl methyl sites for hydroxylation is 1. The molecule has 15 heavy (non-hydrogen) atoms. The van der Waals surface area contributed by atoms with E-state index in [1.807, 2.05) is 6.92 Å². The smallest absolute Gasteiger partial charge is 0.130 e. The van der Waals surface area contributed by atoms with Gasteiger partial charge in [0, 0.05) is 17.0 Å². The van der Waals surface area contributed by atoms with Crippen LogP contribution >= 0.6 is 0 Å². The normalized spacial score (nSPS) is 20.0. The molecule has 3 heteroatoms. The molecule has 1 aliphatic rings. The first kappa shape index (κ1) is 10.4. The minimum atomic E-state index is -0.340. The second-order valence-electron chi connectivity index (χ2n) is 4.53. The molecule has 1 fully saturated rings. The number of hydrogen-bond donors (Lipinski definition) is 2. The summed E-state index contributed by atoms with van der Waals surface area (Å²) in [5.41, 5.74) is 6.66. The molecule has 2 rings (SSSR count). The number of rotatable bonds is 2. The molecular weight excluding hydrogens is 193 g/mol. The van der Waals surface area contributed by atoms with Gasteiger partial charge in [-0.15, -0.1) is 0 Å². The van der Waals surface area contributed by atoms with E-state index in [9.17, 15) is 9.50 Å². The Bertz CT molecular complexity index is 397. The Morgan fingerprint density at radius 1 is 1.47 bits per heavy atom. The molecule has 82 valence electrons. The van der Waals surface area contributed by atoms with Crippen molar-refractivity contribution in [1.82, 2.24) is 0 Å². The maximum Gasteiger partial charge on any atom is 0.130 e. The first-order valence-corrected chi connectivity index (χ1v) is 5.23. The van der Waals surface area contributed by atoms with Crippen LogP contribution in [0.2, 0.25) is 0 Å². The lowest BCUT2D eigenvalue weighted by atomic mass is 9.87. The van der Waals surface area contributed by atoms with Gasteiger partial charge in [0.05, 0.1) is 0 Å². The quantitative estimate of drug-likeness (QED) is 0.784. The van der Waals surface area contributed by atoms with Crippen molar-refractivity contribution >= 4 is 0 Å². The lowest BCUT2D eigenvalue weighted by Gasteiger charge is -2.22. The average molecular weight is 209 g/mol. The minimum absolute atomic E-state index is 0.0739. The fraction of sp³-hybridized carbons (Fsp3) is 0.500. The van der Waals surface area contributed by atoms with E-state index in [0.717, 1.165) is 12.8 Å². The van der Waals surface area contributed by atoms with E-state index in [1.54, 1.807) is 13.0 Å². The summed E-state index contributed by atoms with van der Waals surface area (Å²) in [5.74, 6) is -0.266. The lowest BCUT2D eigenvalue weighted by molar-refractivity contribution is 0.426. The number of phenols is 1. The van der Waals surface area contributed by atoms with Crippen molar-refractivity contribution in [3.05, 3.63) is 29.1 Å². The van der Waals surface area contributed by atoms with E-state index in [1.165, 1.54) is 6.07 Å². The SMILES string of the molecule is Cc1ccc(F)c(C2(C(C)N)CC2)c1O. The molecule has 0 aromatic heterocycles. The number of aromatic hydroxyl groups is 1. The molecule has 1 atom stereocenters. The van der Waals surface area contributed by atoms with Crippen LogP contribution in [0.3, 0.4) is 0 Å². The molecule has 1 aromatic rings. The number of halogens is 1. The predicted molar refractivity (Wildman–Crippen MR) is 57.4 cm³/mol. The van der Waals surface area contributed by atoms with Crippen LogP contribution in [0.1, 0.15) is 30.9 Å². The van der Waals surface area contributed by atoms with Crippen molar-refractivity contribution in [2.75, 3.05) is 0 Å². The van der Waals surface area contributed by atoms with E-state index in [0.29, 0.717) is 11.1 Å². The van der Waals surface area contributed by atoms with Gasteiger partial charge in [-0.05, 0) is 38.3 Å². The minimum Gasteiger partial charge on any atom is -0.507 e. The van der Waals surface area contributed by atoms with Gasteiger partial charge < -0.3 is 10.8 Å². The van der Waals surface area contributed by atoms with Crippen LogP contribution in [0.4, 0.5) is 4.39 Å². The number of hydrogen-bond acceptors (Lipinski definition) is 2. The van der Waals surface area contributed by atoms with E-state index < -0.39 is 0 Å². The van der Waals surface area contributed by atoms with Crippen molar-refractivity contribution in [1.29, 1.82) is 0 Å². The third kappa shape index (κ3) is 1.42. The molecule has 3 N–H and O–H groups in total. The summed E-state index contributed by atoms with van der Waals surface area (Å²) in [4.78, 5) is 0. The van der Waals surface area contributed by atoms with Crippen molar-refractivity contribution < 1.29 is 9.50 Å². The second kappa shape index (κ2) is 3.20. The van der Waals surface area contributed by atoms with Crippen molar-refractivity contribution in [2.45, 2.75) is 38.1 Å². The molecule has 1 aliphatic carbocycles. The zero-order valence-electron chi connectivity index (χ0n) is 9.05. The van der Waals surface area contributed by atoms with E-state index in [2.05, 4.69) is 0 Å². The van der Waals surface area contributed by atoms with Crippen LogP contribution in [-0.2, 0) is 5.41 Å². The van der Waals surface area contributed by atoms with Crippen LogP contribution in [0.25, 0.3) is 0 Å². The first-order chi connectivity index (χ1) is 6.99. The second-order valence-corrected chi connectivity index (χ2v) is 4.53. The van der Waals surface area contributed by atoms with Gasteiger partial charge in [0.1, 0.15) is 11.6 Å². The van der Waals surface area contributed by atoms with Crippen molar-refractivity contribution in [3.8, 4) is 5.75 Å². The van der Waals surface area contributed by atoms with Gasteiger partial charge in [0.15, 0.2) is 0 Å². The Kier molecular flexibility index (Phi) is 2.23. The highest BCUT2D eigenvalue weighted by atomic mass is 19.1. The summed E-state index contributed by atoms with van der Waals surface area (Å²) in [7, 11) is 0. The lowest BCUT2D eigenvalue weighted by Crippen LogP contribution is -2.32. The molecule has 0 aliphatic heterocycles. The Morgan fingerprint density at radius 2 is 2.07 bits per heavy atom.